The maximum Gasteiger partial charge on any atom is 0.254 e. The number of anilines is 1. The topological polar surface area (TPSA) is 58.6 Å². The van der Waals surface area contributed by atoms with Crippen LogP contribution in [0, 0.1) is 0 Å². The summed E-state index contributed by atoms with van der Waals surface area (Å²) in [5, 5.41) is 5.40. The molecule has 0 spiro atoms. The van der Waals surface area contributed by atoms with Gasteiger partial charge >= 0.3 is 0 Å². The number of likely N-dealkylation sites (N-methyl/N-ethyl adjacent to an activating group) is 1. The van der Waals surface area contributed by atoms with E-state index >= 15 is 0 Å². The van der Waals surface area contributed by atoms with E-state index in [9.17, 15) is 9.59 Å². The molecule has 7 heteroatoms. The monoisotopic (exact) mass is 426 g/mol. The third kappa shape index (κ3) is 3.50. The Morgan fingerprint density at radius 3 is 2.69 bits per heavy atom. The summed E-state index contributed by atoms with van der Waals surface area (Å²) in [6, 6.07) is 15.8. The molecule has 29 heavy (non-hydrogen) atoms. The van der Waals surface area contributed by atoms with E-state index in [2.05, 4.69) is 5.32 Å². The summed E-state index contributed by atoms with van der Waals surface area (Å²) in [5.41, 5.74) is 1.75. The van der Waals surface area contributed by atoms with Crippen LogP contribution in [0.3, 0.4) is 0 Å². The van der Waals surface area contributed by atoms with Gasteiger partial charge < -0.3 is 15.0 Å². The normalized spacial score (nSPS) is 18.3. The fourth-order valence-electron chi connectivity index (χ4n) is 3.76. The number of carbonyl (C=O) groups excluding carboxylic acids is 2. The van der Waals surface area contributed by atoms with Gasteiger partial charge in [-0.2, -0.15) is 0 Å². The summed E-state index contributed by atoms with van der Waals surface area (Å²) in [5.74, 6) is -0.376. The van der Waals surface area contributed by atoms with Crippen molar-refractivity contribution >= 4 is 40.4 Å². The molecule has 3 aromatic rings. The molecule has 0 saturated heterocycles. The van der Waals surface area contributed by atoms with Crippen molar-refractivity contribution in [2.24, 2.45) is 0 Å². The van der Waals surface area contributed by atoms with Gasteiger partial charge in [0.1, 0.15) is 5.75 Å². The maximum atomic E-state index is 13.5. The average molecular weight is 427 g/mol. The standard InChI is InChI=1S/C22H19ClN2O3S/c1-25-20(18-8-5-11-29-18)19(14-6-3-4-7-15(14)22(25)27)21(26)24-16-12-13(23)9-10-17(16)28-2/h3-12,19-20H,1-2H3,(H,24,26). The van der Waals surface area contributed by atoms with E-state index in [0.717, 1.165) is 4.88 Å². The lowest BCUT2D eigenvalue weighted by Gasteiger charge is -2.39. The summed E-state index contributed by atoms with van der Waals surface area (Å²) in [6.07, 6.45) is 0. The van der Waals surface area contributed by atoms with Crippen molar-refractivity contribution in [3.8, 4) is 5.75 Å². The molecule has 0 aliphatic carbocycles. The SMILES string of the molecule is COc1ccc(Cl)cc1NC(=O)C1c2ccccc2C(=O)N(C)C1c1cccs1. The molecule has 2 amide bonds. The third-order valence-corrected chi connectivity index (χ3v) is 6.29. The van der Waals surface area contributed by atoms with Crippen LogP contribution in [0.4, 0.5) is 5.69 Å². The molecule has 2 atom stereocenters. The van der Waals surface area contributed by atoms with Crippen LogP contribution >= 0.6 is 22.9 Å². The van der Waals surface area contributed by atoms with Gasteiger partial charge in [0.15, 0.2) is 0 Å². The fourth-order valence-corrected chi connectivity index (χ4v) is 4.84. The number of fused-ring (bicyclic) bond motifs is 1. The third-order valence-electron chi connectivity index (χ3n) is 5.12. The fraction of sp³-hybridized carbons (Fsp3) is 0.182. The zero-order valence-corrected chi connectivity index (χ0v) is 17.5. The molecule has 0 bridgehead atoms. The molecule has 4 rings (SSSR count). The molecule has 2 unspecified atom stereocenters. The van der Waals surface area contributed by atoms with Gasteiger partial charge in [0, 0.05) is 22.5 Å². The number of nitrogens with zero attached hydrogens (tertiary/aromatic N) is 1. The predicted molar refractivity (Wildman–Crippen MR) is 115 cm³/mol. The van der Waals surface area contributed by atoms with Crippen LogP contribution in [0.25, 0.3) is 0 Å². The van der Waals surface area contributed by atoms with Crippen molar-refractivity contribution in [1.29, 1.82) is 0 Å². The first-order chi connectivity index (χ1) is 14.0. The van der Waals surface area contributed by atoms with Crippen LogP contribution in [0.2, 0.25) is 5.02 Å². The summed E-state index contributed by atoms with van der Waals surface area (Å²) < 4.78 is 5.36. The second-order valence-electron chi connectivity index (χ2n) is 6.78. The quantitative estimate of drug-likeness (QED) is 0.641. The van der Waals surface area contributed by atoms with Crippen molar-refractivity contribution < 1.29 is 14.3 Å². The van der Waals surface area contributed by atoms with Crippen molar-refractivity contribution in [2.75, 3.05) is 19.5 Å². The van der Waals surface area contributed by atoms with Crippen molar-refractivity contribution in [2.45, 2.75) is 12.0 Å². The highest BCUT2D eigenvalue weighted by atomic mass is 35.5. The first-order valence-corrected chi connectivity index (χ1v) is 10.3. The van der Waals surface area contributed by atoms with Gasteiger partial charge in [0.2, 0.25) is 5.91 Å². The second-order valence-corrected chi connectivity index (χ2v) is 8.19. The Morgan fingerprint density at radius 2 is 1.97 bits per heavy atom. The minimum absolute atomic E-state index is 0.0941. The summed E-state index contributed by atoms with van der Waals surface area (Å²) in [4.78, 5) is 29.1. The number of benzene rings is 2. The molecule has 2 heterocycles. The molecule has 0 saturated carbocycles. The molecule has 5 nitrogen and oxygen atoms in total. The number of carbonyl (C=O) groups is 2. The molecular formula is C22H19ClN2O3S. The number of nitrogens with one attached hydrogen (secondary N) is 1. The van der Waals surface area contributed by atoms with Gasteiger partial charge in [-0.05, 0) is 41.3 Å². The minimum atomic E-state index is -0.573. The Kier molecular flexibility index (Phi) is 5.30. The molecule has 1 aliphatic rings. The van der Waals surface area contributed by atoms with Gasteiger partial charge in [-0.1, -0.05) is 35.9 Å². The number of amides is 2. The van der Waals surface area contributed by atoms with Crippen molar-refractivity contribution in [1.82, 2.24) is 4.90 Å². The van der Waals surface area contributed by atoms with Crippen LogP contribution in [0.1, 0.15) is 32.8 Å². The van der Waals surface area contributed by atoms with Crippen LogP contribution in [0.15, 0.2) is 60.0 Å². The molecule has 1 aliphatic heterocycles. The first kappa shape index (κ1) is 19.5. The van der Waals surface area contributed by atoms with E-state index in [1.54, 1.807) is 36.2 Å². The number of hydrogen-bond donors (Lipinski definition) is 1. The maximum absolute atomic E-state index is 13.5. The molecule has 2 aromatic carbocycles. The largest absolute Gasteiger partial charge is 0.495 e. The smallest absolute Gasteiger partial charge is 0.254 e. The summed E-state index contributed by atoms with van der Waals surface area (Å²) in [6.45, 7) is 0. The molecule has 1 N–H and O–H groups in total. The van der Waals surface area contributed by atoms with Crippen LogP contribution in [0.5, 0.6) is 5.75 Å². The number of halogens is 1. The van der Waals surface area contributed by atoms with Gasteiger partial charge in [0.25, 0.3) is 5.91 Å². The number of thiophene rings is 1. The highest BCUT2D eigenvalue weighted by molar-refractivity contribution is 7.10. The highest BCUT2D eigenvalue weighted by Crippen LogP contribution is 2.44. The lowest BCUT2D eigenvalue weighted by molar-refractivity contribution is -0.119. The number of methoxy groups -OCH3 is 1. The van der Waals surface area contributed by atoms with Gasteiger partial charge in [-0.15, -0.1) is 11.3 Å². The Balaban J connectivity index is 1.80. The minimum Gasteiger partial charge on any atom is -0.495 e. The zero-order valence-electron chi connectivity index (χ0n) is 15.9. The van der Waals surface area contributed by atoms with Gasteiger partial charge in [-0.25, -0.2) is 0 Å². The second kappa shape index (κ2) is 7.89. The average Bonchev–Trinajstić information content (AvgIpc) is 3.25. The predicted octanol–water partition coefficient (Wildman–Crippen LogP) is 4.96. The Morgan fingerprint density at radius 1 is 1.17 bits per heavy atom. The number of rotatable bonds is 4. The van der Waals surface area contributed by atoms with E-state index in [0.29, 0.717) is 27.6 Å². The Bertz CT molecular complexity index is 1070. The lowest BCUT2D eigenvalue weighted by Crippen LogP contribution is -2.43. The van der Waals surface area contributed by atoms with Gasteiger partial charge in [0.05, 0.1) is 24.8 Å². The van der Waals surface area contributed by atoms with Crippen LogP contribution in [-0.4, -0.2) is 30.9 Å². The van der Waals surface area contributed by atoms with E-state index in [1.165, 1.54) is 18.4 Å². The van der Waals surface area contributed by atoms with Crippen LogP contribution in [-0.2, 0) is 4.79 Å². The van der Waals surface area contributed by atoms with Crippen molar-refractivity contribution in [3.05, 3.63) is 81.0 Å². The Hall–Kier alpha value is -2.83. The van der Waals surface area contributed by atoms with E-state index in [1.807, 2.05) is 35.7 Å². The number of ether oxygens (including phenoxy) is 1. The molecule has 1 aromatic heterocycles. The zero-order chi connectivity index (χ0) is 20.5. The Labute approximate surface area is 177 Å². The van der Waals surface area contributed by atoms with E-state index in [4.69, 9.17) is 16.3 Å². The van der Waals surface area contributed by atoms with E-state index < -0.39 is 12.0 Å². The molecular weight excluding hydrogens is 408 g/mol. The highest BCUT2D eigenvalue weighted by Gasteiger charge is 2.43. The van der Waals surface area contributed by atoms with Crippen molar-refractivity contribution in [3.63, 3.8) is 0 Å². The van der Waals surface area contributed by atoms with Gasteiger partial charge in [-0.3, -0.25) is 9.59 Å². The molecule has 0 fully saturated rings. The van der Waals surface area contributed by atoms with Crippen LogP contribution < -0.4 is 10.1 Å². The summed E-state index contributed by atoms with van der Waals surface area (Å²) in [7, 11) is 3.28. The molecule has 0 radical (unpaired) electrons. The first-order valence-electron chi connectivity index (χ1n) is 9.05. The molecule has 148 valence electrons. The number of hydrogen-bond acceptors (Lipinski definition) is 4. The summed E-state index contributed by atoms with van der Waals surface area (Å²) >= 11 is 7.65. The van der Waals surface area contributed by atoms with E-state index in [-0.39, 0.29) is 11.8 Å². The lowest BCUT2D eigenvalue weighted by atomic mass is 9.81.